The lowest BCUT2D eigenvalue weighted by molar-refractivity contribution is 0.604. The first-order chi connectivity index (χ1) is 8.90. The van der Waals surface area contributed by atoms with Crippen molar-refractivity contribution in [2.24, 2.45) is 0 Å². The van der Waals surface area contributed by atoms with Crippen LogP contribution in [0.4, 0.5) is 0 Å². The summed E-state index contributed by atoms with van der Waals surface area (Å²) in [6.45, 7) is 2.20. The molecule has 1 N–H and O–H groups in total. The molecule has 1 heteroatoms. The Morgan fingerprint density at radius 2 is 1.56 bits per heavy atom. The Labute approximate surface area is 109 Å². The molecule has 18 heavy (non-hydrogen) atoms. The second kappa shape index (κ2) is 6.65. The monoisotopic (exact) mass is 237 g/mol. The van der Waals surface area contributed by atoms with Crippen molar-refractivity contribution < 1.29 is 0 Å². The van der Waals surface area contributed by atoms with Crippen molar-refractivity contribution in [3.8, 4) is 0 Å². The van der Waals surface area contributed by atoms with Gasteiger partial charge in [0.2, 0.25) is 0 Å². The topological polar surface area (TPSA) is 12.0 Å². The van der Waals surface area contributed by atoms with Crippen LogP contribution < -0.4 is 5.32 Å². The van der Waals surface area contributed by atoms with Crippen LogP contribution in [0.1, 0.15) is 30.5 Å². The summed E-state index contributed by atoms with van der Waals surface area (Å²) in [6.07, 6.45) is 5.21. The first kappa shape index (κ1) is 12.4. The average molecular weight is 237 g/mol. The molecule has 0 unspecified atom stereocenters. The summed E-state index contributed by atoms with van der Waals surface area (Å²) in [4.78, 5) is 0. The molecule has 0 saturated carbocycles. The normalized spacial score (nSPS) is 12.5. The zero-order valence-corrected chi connectivity index (χ0v) is 10.7. The smallest absolute Gasteiger partial charge is 0.0505 e. The maximum atomic E-state index is 3.45. The van der Waals surface area contributed by atoms with Crippen molar-refractivity contribution in [2.45, 2.75) is 19.4 Å². The summed E-state index contributed by atoms with van der Waals surface area (Å²) in [7, 11) is 0. The minimum Gasteiger partial charge on any atom is -0.384 e. The van der Waals surface area contributed by atoms with Gasteiger partial charge >= 0.3 is 0 Å². The van der Waals surface area contributed by atoms with Gasteiger partial charge in [-0.05, 0) is 29.8 Å². The molecule has 0 radical (unpaired) electrons. The van der Waals surface area contributed by atoms with Crippen LogP contribution in [0.15, 0.2) is 66.9 Å². The second-order valence-electron chi connectivity index (χ2n) is 4.28. The van der Waals surface area contributed by atoms with Crippen LogP contribution in [-0.4, -0.2) is 0 Å². The molecule has 0 fully saturated rings. The molecule has 0 spiro atoms. The van der Waals surface area contributed by atoms with E-state index >= 15 is 0 Å². The molecule has 0 bridgehead atoms. The zero-order chi connectivity index (χ0) is 12.6. The number of hydrogen-bond donors (Lipinski definition) is 1. The number of benzene rings is 2. The zero-order valence-electron chi connectivity index (χ0n) is 10.7. The summed E-state index contributed by atoms with van der Waals surface area (Å²) in [5, 5.41) is 3.45. The summed E-state index contributed by atoms with van der Waals surface area (Å²) in [5.41, 5.74) is 2.55. The second-order valence-corrected chi connectivity index (χ2v) is 4.28. The van der Waals surface area contributed by atoms with Gasteiger partial charge in [0.1, 0.15) is 0 Å². The van der Waals surface area contributed by atoms with Crippen molar-refractivity contribution in [1.29, 1.82) is 0 Å². The van der Waals surface area contributed by atoms with Crippen molar-refractivity contribution in [2.75, 3.05) is 0 Å². The van der Waals surface area contributed by atoms with Gasteiger partial charge in [0, 0.05) is 0 Å². The predicted octanol–water partition coefficient (Wildman–Crippen LogP) is 4.40. The first-order valence-corrected chi connectivity index (χ1v) is 6.42. The molecular formula is C17H19N. The SMILES string of the molecule is CC[C@H](NC=Cc1ccccc1)c1ccccc1. The van der Waals surface area contributed by atoms with Crippen molar-refractivity contribution in [3.05, 3.63) is 78.0 Å². The fourth-order valence-corrected chi connectivity index (χ4v) is 1.96. The van der Waals surface area contributed by atoms with Crippen molar-refractivity contribution in [1.82, 2.24) is 5.32 Å². The van der Waals surface area contributed by atoms with Gasteiger partial charge in [-0.15, -0.1) is 0 Å². The van der Waals surface area contributed by atoms with E-state index in [4.69, 9.17) is 0 Å². The molecule has 2 rings (SSSR count). The summed E-state index contributed by atoms with van der Waals surface area (Å²) >= 11 is 0. The van der Waals surface area contributed by atoms with Crippen LogP contribution in [0.3, 0.4) is 0 Å². The van der Waals surface area contributed by atoms with Gasteiger partial charge in [-0.2, -0.15) is 0 Å². The molecule has 92 valence electrons. The molecule has 2 aromatic carbocycles. The van der Waals surface area contributed by atoms with E-state index in [1.807, 2.05) is 24.4 Å². The van der Waals surface area contributed by atoms with Gasteiger partial charge in [-0.1, -0.05) is 67.6 Å². The van der Waals surface area contributed by atoms with E-state index in [9.17, 15) is 0 Å². The Morgan fingerprint density at radius 1 is 0.944 bits per heavy atom. The highest BCUT2D eigenvalue weighted by Gasteiger charge is 2.04. The third-order valence-corrected chi connectivity index (χ3v) is 2.98. The van der Waals surface area contributed by atoms with Gasteiger partial charge in [-0.3, -0.25) is 0 Å². The highest BCUT2D eigenvalue weighted by atomic mass is 14.9. The van der Waals surface area contributed by atoms with Gasteiger partial charge in [0.25, 0.3) is 0 Å². The molecule has 1 atom stereocenters. The third kappa shape index (κ3) is 3.49. The Morgan fingerprint density at radius 3 is 2.17 bits per heavy atom. The lowest BCUT2D eigenvalue weighted by Crippen LogP contribution is -2.14. The molecule has 0 aliphatic rings. The Bertz CT molecular complexity index is 473. The maximum absolute atomic E-state index is 3.45. The standard InChI is InChI=1S/C17H19N/c1-2-17(16-11-7-4-8-12-16)18-14-13-15-9-5-3-6-10-15/h3-14,17-18H,2H2,1H3/t17-/m0/s1. The molecular weight excluding hydrogens is 218 g/mol. The van der Waals surface area contributed by atoms with Crippen LogP contribution in [0.5, 0.6) is 0 Å². The maximum Gasteiger partial charge on any atom is 0.0505 e. The summed E-state index contributed by atoms with van der Waals surface area (Å²) in [5.74, 6) is 0. The van der Waals surface area contributed by atoms with Crippen molar-refractivity contribution in [3.63, 3.8) is 0 Å². The van der Waals surface area contributed by atoms with E-state index in [0.29, 0.717) is 6.04 Å². The Kier molecular flexibility index (Phi) is 4.60. The van der Waals surface area contributed by atoms with E-state index in [1.165, 1.54) is 11.1 Å². The fourth-order valence-electron chi connectivity index (χ4n) is 1.96. The summed E-state index contributed by atoms with van der Waals surface area (Å²) in [6, 6.07) is 21.3. The van der Waals surface area contributed by atoms with E-state index in [-0.39, 0.29) is 0 Å². The largest absolute Gasteiger partial charge is 0.384 e. The Balaban J connectivity index is 1.98. The molecule has 0 aromatic heterocycles. The molecule has 0 heterocycles. The van der Waals surface area contributed by atoms with E-state index < -0.39 is 0 Å². The number of hydrogen-bond acceptors (Lipinski definition) is 1. The van der Waals surface area contributed by atoms with E-state index in [2.05, 4.69) is 60.8 Å². The van der Waals surface area contributed by atoms with E-state index in [0.717, 1.165) is 6.42 Å². The molecule has 2 aromatic rings. The molecule has 1 nitrogen and oxygen atoms in total. The molecule has 0 saturated heterocycles. The predicted molar refractivity (Wildman–Crippen MR) is 78.1 cm³/mol. The van der Waals surface area contributed by atoms with Gasteiger partial charge in [-0.25, -0.2) is 0 Å². The van der Waals surface area contributed by atoms with Crippen LogP contribution in [0, 0.1) is 0 Å². The van der Waals surface area contributed by atoms with Crippen LogP contribution in [0.25, 0.3) is 6.08 Å². The quantitative estimate of drug-likeness (QED) is 0.812. The van der Waals surface area contributed by atoms with Gasteiger partial charge in [0.05, 0.1) is 6.04 Å². The fraction of sp³-hybridized carbons (Fsp3) is 0.176. The first-order valence-electron chi connectivity index (χ1n) is 6.42. The lowest BCUT2D eigenvalue weighted by atomic mass is 10.1. The molecule has 0 aliphatic carbocycles. The van der Waals surface area contributed by atoms with E-state index in [1.54, 1.807) is 0 Å². The highest BCUT2D eigenvalue weighted by Crippen LogP contribution is 2.15. The minimum atomic E-state index is 0.381. The van der Waals surface area contributed by atoms with Crippen molar-refractivity contribution >= 4 is 6.08 Å². The van der Waals surface area contributed by atoms with Crippen LogP contribution >= 0.6 is 0 Å². The minimum absolute atomic E-state index is 0.381. The summed E-state index contributed by atoms with van der Waals surface area (Å²) < 4.78 is 0. The van der Waals surface area contributed by atoms with Gasteiger partial charge < -0.3 is 5.32 Å². The molecule has 0 aliphatic heterocycles. The lowest BCUT2D eigenvalue weighted by Gasteiger charge is -2.15. The Hall–Kier alpha value is -2.02. The average Bonchev–Trinajstić information content (AvgIpc) is 2.46. The molecule has 0 amide bonds. The highest BCUT2D eigenvalue weighted by molar-refractivity contribution is 5.48. The van der Waals surface area contributed by atoms with Crippen LogP contribution in [-0.2, 0) is 0 Å². The van der Waals surface area contributed by atoms with Crippen LogP contribution in [0.2, 0.25) is 0 Å². The number of rotatable bonds is 5. The third-order valence-electron chi connectivity index (χ3n) is 2.98. The number of nitrogens with one attached hydrogen (secondary N) is 1. The van der Waals surface area contributed by atoms with Gasteiger partial charge in [0.15, 0.2) is 0 Å².